The van der Waals surface area contributed by atoms with Crippen LogP contribution in [0.1, 0.15) is 126 Å². The van der Waals surface area contributed by atoms with Gasteiger partial charge in [0.2, 0.25) is 0 Å². The maximum absolute atomic E-state index is 2.61. The molecule has 0 fully saturated rings. The summed E-state index contributed by atoms with van der Waals surface area (Å²) in [6, 6.07) is 0. The zero-order chi connectivity index (χ0) is 18.5. The Morgan fingerprint density at radius 2 is 1.12 bits per heavy atom. The predicted octanol–water partition coefficient (Wildman–Crippen LogP) is 8.69. The maximum Gasteiger partial charge on any atom is 0.117 e. The van der Waals surface area contributed by atoms with E-state index in [0.717, 1.165) is 5.92 Å². The molecule has 1 atom stereocenters. The van der Waals surface area contributed by atoms with E-state index in [9.17, 15) is 0 Å². The van der Waals surface area contributed by atoms with Crippen molar-refractivity contribution in [2.24, 2.45) is 11.3 Å². The molecule has 0 N–H and O–H groups in total. The minimum atomic E-state index is 0.395. The Morgan fingerprint density at radius 1 is 0.667 bits per heavy atom. The van der Waals surface area contributed by atoms with E-state index in [1.54, 1.807) is 0 Å². The summed E-state index contributed by atoms with van der Waals surface area (Å²) in [6.45, 7) is 16.6. The lowest BCUT2D eigenvalue weighted by molar-refractivity contribution is 0.343. The number of hydrogen-bond acceptors (Lipinski definition) is 0. The third-order valence-corrected chi connectivity index (χ3v) is 5.26. The van der Waals surface area contributed by atoms with Gasteiger partial charge in [0.15, 0.2) is 0 Å². The van der Waals surface area contributed by atoms with Gasteiger partial charge in [-0.1, -0.05) is 137 Å². The normalized spacial score (nSPS) is 14.0. The van der Waals surface area contributed by atoms with Crippen molar-refractivity contribution in [2.75, 3.05) is 0 Å². The third-order valence-electron chi connectivity index (χ3n) is 5.26. The molecule has 1 radical (unpaired) electrons. The topological polar surface area (TPSA) is 0 Å². The van der Waals surface area contributed by atoms with Gasteiger partial charge < -0.3 is 0 Å². The summed E-state index contributed by atoms with van der Waals surface area (Å²) in [7, 11) is 2.61. The monoisotopic (exact) mass is 335 g/mol. The Kier molecular flexibility index (Phi) is 13.3. The van der Waals surface area contributed by atoms with Crippen LogP contribution in [0.2, 0.25) is 11.6 Å². The van der Waals surface area contributed by atoms with Gasteiger partial charge in [-0.05, 0) is 11.3 Å². The van der Waals surface area contributed by atoms with Crippen LogP contribution in [0.5, 0.6) is 0 Å². The summed E-state index contributed by atoms with van der Waals surface area (Å²) in [6.07, 6.45) is 18.3. The van der Waals surface area contributed by atoms with Crippen molar-refractivity contribution in [1.29, 1.82) is 0 Å². The highest BCUT2D eigenvalue weighted by Crippen LogP contribution is 2.39. The van der Waals surface area contributed by atoms with E-state index < -0.39 is 0 Å². The van der Waals surface area contributed by atoms with E-state index in [-0.39, 0.29) is 0 Å². The highest BCUT2D eigenvalue weighted by Gasteiger charge is 2.26. The summed E-state index contributed by atoms with van der Waals surface area (Å²) in [4.78, 5) is 0. The average molecular weight is 335 g/mol. The smallest absolute Gasteiger partial charge is 0.0749 e. The van der Waals surface area contributed by atoms with E-state index in [1.807, 2.05) is 0 Å². The van der Waals surface area contributed by atoms with Crippen LogP contribution >= 0.6 is 0 Å². The molecule has 0 nitrogen and oxygen atoms in total. The molecule has 0 heterocycles. The third kappa shape index (κ3) is 15.6. The number of hydrogen-bond donors (Lipinski definition) is 0. The van der Waals surface area contributed by atoms with Crippen molar-refractivity contribution in [1.82, 2.24) is 0 Å². The second-order valence-electron chi connectivity index (χ2n) is 10.1. The van der Waals surface area contributed by atoms with Gasteiger partial charge in [0.1, 0.15) is 7.28 Å². The van der Waals surface area contributed by atoms with Gasteiger partial charge in [-0.2, -0.15) is 0 Å². The van der Waals surface area contributed by atoms with Gasteiger partial charge >= 0.3 is 0 Å². The number of unbranched alkanes of at least 4 members (excludes halogenated alkanes) is 7. The van der Waals surface area contributed by atoms with Crippen molar-refractivity contribution in [3.63, 3.8) is 0 Å². The Hall–Kier alpha value is 0.0649. The van der Waals surface area contributed by atoms with Crippen molar-refractivity contribution < 1.29 is 0 Å². The zero-order valence-electron chi connectivity index (χ0n) is 18.3. The molecule has 0 saturated heterocycles. The van der Waals surface area contributed by atoms with Gasteiger partial charge in [-0.3, -0.25) is 0 Å². The van der Waals surface area contributed by atoms with Gasteiger partial charge in [0.05, 0.1) is 0 Å². The summed E-state index contributed by atoms with van der Waals surface area (Å²) < 4.78 is 0. The van der Waals surface area contributed by atoms with Crippen LogP contribution < -0.4 is 0 Å². The second-order valence-corrected chi connectivity index (χ2v) is 10.1. The SMILES string of the molecule is CCCCCCCC(CCCCCC)CC(C)(C)[B]CC(C)(C)C. The Balaban J connectivity index is 4.32. The molecule has 0 aromatic carbocycles. The van der Waals surface area contributed by atoms with Crippen LogP contribution in [0, 0.1) is 11.3 Å². The summed E-state index contributed by atoms with van der Waals surface area (Å²) in [5.74, 6) is 0.940. The first-order valence-corrected chi connectivity index (χ1v) is 11.0. The van der Waals surface area contributed by atoms with Crippen LogP contribution in [0.25, 0.3) is 0 Å². The van der Waals surface area contributed by atoms with Crippen molar-refractivity contribution in [3.8, 4) is 0 Å². The molecule has 0 spiro atoms. The molecule has 0 amide bonds. The van der Waals surface area contributed by atoms with Crippen molar-refractivity contribution >= 4 is 7.28 Å². The lowest BCUT2D eigenvalue weighted by atomic mass is 9.46. The Bertz CT molecular complexity index is 274. The minimum Gasteiger partial charge on any atom is -0.0749 e. The van der Waals surface area contributed by atoms with E-state index in [4.69, 9.17) is 0 Å². The molecule has 0 rings (SSSR count). The fourth-order valence-electron chi connectivity index (χ4n) is 3.65. The Morgan fingerprint density at radius 3 is 1.58 bits per heavy atom. The molecule has 1 unspecified atom stereocenters. The van der Waals surface area contributed by atoms with Gasteiger partial charge in [0.25, 0.3) is 0 Å². The Labute approximate surface area is 156 Å². The first-order valence-electron chi connectivity index (χ1n) is 11.0. The zero-order valence-corrected chi connectivity index (χ0v) is 18.3. The first kappa shape index (κ1) is 24.1. The second kappa shape index (κ2) is 13.3. The van der Waals surface area contributed by atoms with Crippen molar-refractivity contribution in [2.45, 2.75) is 137 Å². The number of rotatable bonds is 15. The molecular weight excluding hydrogens is 287 g/mol. The molecule has 0 aromatic rings. The first-order chi connectivity index (χ1) is 11.2. The summed E-state index contributed by atoms with van der Waals surface area (Å²) >= 11 is 0. The van der Waals surface area contributed by atoms with Crippen LogP contribution in [0.4, 0.5) is 0 Å². The fourth-order valence-corrected chi connectivity index (χ4v) is 3.65. The molecule has 0 saturated carbocycles. The molecule has 0 aliphatic carbocycles. The molecule has 143 valence electrons. The van der Waals surface area contributed by atoms with E-state index in [1.165, 1.54) is 83.4 Å². The minimum absolute atomic E-state index is 0.395. The summed E-state index contributed by atoms with van der Waals surface area (Å²) in [5, 5.41) is 0.395. The molecule has 0 bridgehead atoms. The summed E-state index contributed by atoms with van der Waals surface area (Å²) in [5.41, 5.74) is 0.425. The molecule has 24 heavy (non-hydrogen) atoms. The average Bonchev–Trinajstić information content (AvgIpc) is 2.48. The molecule has 0 aromatic heterocycles. The van der Waals surface area contributed by atoms with Crippen LogP contribution in [-0.2, 0) is 0 Å². The van der Waals surface area contributed by atoms with Crippen molar-refractivity contribution in [3.05, 3.63) is 0 Å². The van der Waals surface area contributed by atoms with E-state index in [0.29, 0.717) is 10.7 Å². The van der Waals surface area contributed by atoms with Gasteiger partial charge in [-0.25, -0.2) is 0 Å². The van der Waals surface area contributed by atoms with Crippen LogP contribution in [0.3, 0.4) is 0 Å². The van der Waals surface area contributed by atoms with Crippen LogP contribution in [0.15, 0.2) is 0 Å². The molecule has 0 aliphatic heterocycles. The lowest BCUT2D eigenvalue weighted by Crippen LogP contribution is -2.22. The van der Waals surface area contributed by atoms with E-state index >= 15 is 0 Å². The maximum atomic E-state index is 2.61. The quantitative estimate of drug-likeness (QED) is 0.207. The predicted molar refractivity (Wildman–Crippen MR) is 114 cm³/mol. The molecule has 1 heteroatoms. The standard InChI is InChI=1S/C23H48B/c1-8-10-12-14-16-18-21(17-15-13-11-9-2)19-23(6,7)24-20-22(3,4)5/h21H,8-20H2,1-7H3. The van der Waals surface area contributed by atoms with Gasteiger partial charge in [0, 0.05) is 0 Å². The van der Waals surface area contributed by atoms with E-state index in [2.05, 4.69) is 55.7 Å². The van der Waals surface area contributed by atoms with Gasteiger partial charge in [-0.15, -0.1) is 0 Å². The largest absolute Gasteiger partial charge is 0.117 e. The lowest BCUT2D eigenvalue weighted by Gasteiger charge is -2.32. The fraction of sp³-hybridized carbons (Fsp3) is 1.00. The molecular formula is C23H48B. The highest BCUT2D eigenvalue weighted by molar-refractivity contribution is 6.39. The van der Waals surface area contributed by atoms with Crippen LogP contribution in [-0.4, -0.2) is 7.28 Å². The molecule has 0 aliphatic rings. The highest BCUT2D eigenvalue weighted by atomic mass is 14.2.